The molecule has 0 atom stereocenters. The molecule has 1 aromatic heterocycles. The van der Waals surface area contributed by atoms with Gasteiger partial charge in [0, 0.05) is 23.8 Å². The van der Waals surface area contributed by atoms with E-state index in [0.717, 1.165) is 11.3 Å². The minimum atomic E-state index is -0.166. The fraction of sp³-hybridized carbons (Fsp3) is 0.333. The van der Waals surface area contributed by atoms with Crippen LogP contribution in [0, 0.1) is 24.2 Å². The molecule has 0 N–H and O–H groups in total. The van der Waals surface area contributed by atoms with E-state index in [1.807, 2.05) is 45.0 Å². The van der Waals surface area contributed by atoms with E-state index < -0.39 is 0 Å². The van der Waals surface area contributed by atoms with Crippen LogP contribution in [-0.2, 0) is 11.3 Å². The van der Waals surface area contributed by atoms with Gasteiger partial charge in [-0.2, -0.15) is 5.26 Å². The molecule has 0 saturated carbocycles. The average Bonchev–Trinajstić information content (AvgIpc) is 2.76. The Labute approximate surface area is 196 Å². The van der Waals surface area contributed by atoms with Gasteiger partial charge in [0.05, 0.1) is 29.1 Å². The molecule has 0 spiro atoms. The molecule has 166 valence electrons. The van der Waals surface area contributed by atoms with Crippen LogP contribution in [0.4, 0.5) is 5.69 Å². The Balaban J connectivity index is 1.91. The van der Waals surface area contributed by atoms with Crippen LogP contribution in [0.15, 0.2) is 52.4 Å². The smallest absolute Gasteiger partial charge is 0.262 e. The summed E-state index contributed by atoms with van der Waals surface area (Å²) in [7, 11) is 0. The van der Waals surface area contributed by atoms with Gasteiger partial charge in [0.2, 0.25) is 5.91 Å². The highest BCUT2D eigenvalue weighted by Gasteiger charge is 2.19. The highest BCUT2D eigenvalue weighted by atomic mass is 35.5. The molecule has 0 unspecified atom stereocenters. The molecule has 1 heterocycles. The maximum atomic E-state index is 13.1. The number of rotatable bonds is 8. The van der Waals surface area contributed by atoms with Crippen LogP contribution in [0.3, 0.4) is 0 Å². The van der Waals surface area contributed by atoms with Gasteiger partial charge in [0.25, 0.3) is 5.56 Å². The predicted molar refractivity (Wildman–Crippen MR) is 130 cm³/mol. The number of amides is 1. The lowest BCUT2D eigenvalue weighted by Gasteiger charge is -2.22. The molecule has 0 aliphatic rings. The number of thioether (sulfide) groups is 1. The van der Waals surface area contributed by atoms with Crippen molar-refractivity contribution in [3.63, 3.8) is 0 Å². The van der Waals surface area contributed by atoms with E-state index in [4.69, 9.17) is 16.9 Å². The van der Waals surface area contributed by atoms with Crippen molar-refractivity contribution in [1.29, 1.82) is 5.26 Å². The van der Waals surface area contributed by atoms with Crippen LogP contribution in [0.5, 0.6) is 0 Å². The maximum absolute atomic E-state index is 13.1. The van der Waals surface area contributed by atoms with E-state index >= 15 is 0 Å². The monoisotopic (exact) mass is 468 g/mol. The summed E-state index contributed by atoms with van der Waals surface area (Å²) in [5.74, 6) is 0.180. The van der Waals surface area contributed by atoms with Gasteiger partial charge in [-0.15, -0.1) is 0 Å². The minimum absolute atomic E-state index is 0.100. The largest absolute Gasteiger partial charge is 0.311 e. The summed E-state index contributed by atoms with van der Waals surface area (Å²) in [5, 5.41) is 10.5. The summed E-state index contributed by atoms with van der Waals surface area (Å²) in [6.07, 6.45) is 0.233. The number of halogens is 1. The van der Waals surface area contributed by atoms with Gasteiger partial charge in [-0.25, -0.2) is 4.98 Å². The van der Waals surface area contributed by atoms with E-state index in [2.05, 4.69) is 11.1 Å². The van der Waals surface area contributed by atoms with Gasteiger partial charge in [-0.3, -0.25) is 14.2 Å². The van der Waals surface area contributed by atoms with Crippen molar-refractivity contribution in [2.45, 2.75) is 38.9 Å². The molecule has 0 fully saturated rings. The normalized spacial score (nSPS) is 11.0. The van der Waals surface area contributed by atoms with Crippen molar-refractivity contribution in [2.75, 3.05) is 17.2 Å². The van der Waals surface area contributed by atoms with Crippen LogP contribution in [0.1, 0.15) is 25.8 Å². The van der Waals surface area contributed by atoms with Crippen molar-refractivity contribution in [2.24, 2.45) is 5.92 Å². The number of nitriles is 1. The summed E-state index contributed by atoms with van der Waals surface area (Å²) in [6.45, 7) is 6.82. The van der Waals surface area contributed by atoms with Crippen LogP contribution < -0.4 is 10.5 Å². The zero-order chi connectivity index (χ0) is 23.3. The third-order valence-electron chi connectivity index (χ3n) is 4.85. The van der Waals surface area contributed by atoms with Gasteiger partial charge in [-0.05, 0) is 43.2 Å². The molecule has 3 rings (SSSR count). The molecule has 6 nitrogen and oxygen atoms in total. The van der Waals surface area contributed by atoms with Gasteiger partial charge in [0.15, 0.2) is 5.16 Å². The lowest BCUT2D eigenvalue weighted by molar-refractivity contribution is -0.116. The van der Waals surface area contributed by atoms with Gasteiger partial charge in [0.1, 0.15) is 0 Å². The summed E-state index contributed by atoms with van der Waals surface area (Å²) in [4.78, 5) is 32.5. The number of hydrogen-bond donors (Lipinski definition) is 0. The van der Waals surface area contributed by atoms with Gasteiger partial charge < -0.3 is 4.90 Å². The van der Waals surface area contributed by atoms with Crippen molar-refractivity contribution in [1.82, 2.24) is 9.55 Å². The molecule has 2 aromatic carbocycles. The second kappa shape index (κ2) is 10.7. The second-order valence-electron chi connectivity index (χ2n) is 7.94. The molecule has 0 aliphatic heterocycles. The van der Waals surface area contributed by atoms with Crippen LogP contribution in [-0.4, -0.2) is 27.8 Å². The molecule has 1 amide bonds. The van der Waals surface area contributed by atoms with E-state index in [1.54, 1.807) is 27.7 Å². The summed E-state index contributed by atoms with van der Waals surface area (Å²) in [5.41, 5.74) is 2.22. The Kier molecular flexibility index (Phi) is 7.94. The topological polar surface area (TPSA) is 79.0 Å². The third kappa shape index (κ3) is 5.70. The zero-order valence-corrected chi connectivity index (χ0v) is 19.9. The quantitative estimate of drug-likeness (QED) is 0.341. The number of carbonyl (C=O) groups is 1. The van der Waals surface area contributed by atoms with Gasteiger partial charge >= 0.3 is 0 Å². The Morgan fingerprint density at radius 1 is 1.25 bits per heavy atom. The highest BCUT2D eigenvalue weighted by molar-refractivity contribution is 7.99. The van der Waals surface area contributed by atoms with Crippen LogP contribution >= 0.6 is 23.4 Å². The second-order valence-corrected chi connectivity index (χ2v) is 9.32. The summed E-state index contributed by atoms with van der Waals surface area (Å²) < 4.78 is 1.62. The molecular weight excluding hydrogens is 444 g/mol. The van der Waals surface area contributed by atoms with Crippen molar-refractivity contribution in [3.05, 3.63) is 63.4 Å². The Morgan fingerprint density at radius 2 is 1.97 bits per heavy atom. The molecule has 8 heteroatoms. The highest BCUT2D eigenvalue weighted by Crippen LogP contribution is 2.23. The number of fused-ring (bicyclic) bond motifs is 1. The Bertz CT molecular complexity index is 1220. The number of aromatic nitrogens is 2. The minimum Gasteiger partial charge on any atom is -0.311 e. The lowest BCUT2D eigenvalue weighted by atomic mass is 10.2. The number of aryl methyl sites for hydroxylation is 1. The maximum Gasteiger partial charge on any atom is 0.262 e. The first-order valence-electron chi connectivity index (χ1n) is 10.4. The number of nitrogens with zero attached hydrogens (tertiary/aromatic N) is 4. The Morgan fingerprint density at radius 3 is 2.62 bits per heavy atom. The standard InChI is InChI=1S/C24H25ClN4O2S/c1-16(2)14-29-23(31)20-13-18(25)7-10-21(20)27-24(29)32-15-22(30)28(12-4-11-26)19-8-5-17(3)6-9-19/h5-10,13,16H,4,12,14-15H2,1-3H3. The first kappa shape index (κ1) is 23.8. The molecule has 0 aliphatic carbocycles. The fourth-order valence-corrected chi connectivity index (χ4v) is 4.35. The fourth-order valence-electron chi connectivity index (χ4n) is 3.30. The SMILES string of the molecule is Cc1ccc(N(CCC#N)C(=O)CSc2nc3ccc(Cl)cc3c(=O)n2CC(C)C)cc1. The van der Waals surface area contributed by atoms with Crippen molar-refractivity contribution < 1.29 is 4.79 Å². The molecule has 0 saturated heterocycles. The van der Waals surface area contributed by atoms with Crippen LogP contribution in [0.2, 0.25) is 5.02 Å². The summed E-state index contributed by atoms with van der Waals surface area (Å²) in [6, 6.07) is 14.8. The van der Waals surface area contributed by atoms with E-state index in [9.17, 15) is 9.59 Å². The first-order chi connectivity index (χ1) is 15.3. The molecule has 32 heavy (non-hydrogen) atoms. The van der Waals surface area contributed by atoms with Gasteiger partial charge in [-0.1, -0.05) is 54.9 Å². The summed E-state index contributed by atoms with van der Waals surface area (Å²) >= 11 is 7.32. The lowest BCUT2D eigenvalue weighted by Crippen LogP contribution is -2.33. The average molecular weight is 469 g/mol. The van der Waals surface area contributed by atoms with E-state index in [-0.39, 0.29) is 29.6 Å². The Hall–Kier alpha value is -2.82. The molecule has 0 radical (unpaired) electrons. The number of anilines is 1. The van der Waals surface area contributed by atoms with E-state index in [1.165, 1.54) is 11.8 Å². The molecular formula is C24H25ClN4O2S. The predicted octanol–water partition coefficient (Wildman–Crippen LogP) is 5.05. The molecule has 0 bridgehead atoms. The third-order valence-corrected chi connectivity index (χ3v) is 6.04. The van der Waals surface area contributed by atoms with E-state index in [0.29, 0.717) is 34.2 Å². The van der Waals surface area contributed by atoms with Crippen molar-refractivity contribution >= 4 is 45.9 Å². The van der Waals surface area contributed by atoms with Crippen LogP contribution in [0.25, 0.3) is 10.9 Å². The van der Waals surface area contributed by atoms with Crippen molar-refractivity contribution in [3.8, 4) is 6.07 Å². The number of carbonyl (C=O) groups excluding carboxylic acids is 1. The zero-order valence-electron chi connectivity index (χ0n) is 18.3. The first-order valence-corrected chi connectivity index (χ1v) is 11.7. The number of benzene rings is 2. The number of hydrogen-bond acceptors (Lipinski definition) is 5. The molecule has 3 aromatic rings.